The van der Waals surface area contributed by atoms with Gasteiger partial charge >= 0.3 is 0 Å². The molecule has 1 fully saturated rings. The third-order valence-corrected chi connectivity index (χ3v) is 3.59. The van der Waals surface area contributed by atoms with Gasteiger partial charge in [0.05, 0.1) is 5.60 Å². The summed E-state index contributed by atoms with van der Waals surface area (Å²) in [5, 5.41) is 10.0. The van der Waals surface area contributed by atoms with Crippen LogP contribution in [-0.4, -0.2) is 23.8 Å². The van der Waals surface area contributed by atoms with Gasteiger partial charge in [0.25, 0.3) is 0 Å². The van der Waals surface area contributed by atoms with Crippen molar-refractivity contribution >= 4 is 5.69 Å². The first kappa shape index (κ1) is 13.3. The summed E-state index contributed by atoms with van der Waals surface area (Å²) in [7, 11) is 0. The number of benzene rings is 1. The van der Waals surface area contributed by atoms with E-state index in [2.05, 4.69) is 4.90 Å². The third-order valence-electron chi connectivity index (χ3n) is 3.59. The average Bonchev–Trinajstić information content (AvgIpc) is 2.62. The molecule has 0 amide bonds. The van der Waals surface area contributed by atoms with E-state index >= 15 is 0 Å². The molecule has 1 aliphatic heterocycles. The van der Waals surface area contributed by atoms with Gasteiger partial charge in [-0.25, -0.2) is 4.39 Å². The summed E-state index contributed by atoms with van der Waals surface area (Å²) in [6.45, 7) is 6.77. The van der Waals surface area contributed by atoms with Crippen molar-refractivity contribution in [3.8, 4) is 0 Å². The van der Waals surface area contributed by atoms with Gasteiger partial charge in [0.1, 0.15) is 5.82 Å². The summed E-state index contributed by atoms with van der Waals surface area (Å²) in [6.07, 6.45) is 0.724. The molecule has 1 aliphatic rings. The quantitative estimate of drug-likeness (QED) is 0.847. The predicted molar refractivity (Wildman–Crippen MR) is 71.2 cm³/mol. The van der Waals surface area contributed by atoms with Crippen molar-refractivity contribution in [3.63, 3.8) is 0 Å². The van der Waals surface area contributed by atoms with E-state index in [1.54, 1.807) is 6.92 Å². The van der Waals surface area contributed by atoms with E-state index < -0.39 is 5.60 Å². The van der Waals surface area contributed by atoms with Crippen LogP contribution in [0.3, 0.4) is 0 Å². The predicted octanol–water partition coefficient (Wildman–Crippen LogP) is 2.11. The van der Waals surface area contributed by atoms with Crippen molar-refractivity contribution in [2.75, 3.05) is 18.0 Å². The highest BCUT2D eigenvalue weighted by Gasteiger charge is 2.32. The Labute approximate surface area is 107 Å². The molecule has 3 N–H and O–H groups in total. The lowest BCUT2D eigenvalue weighted by Crippen LogP contribution is -2.30. The smallest absolute Gasteiger partial charge is 0.126 e. The van der Waals surface area contributed by atoms with Crippen molar-refractivity contribution in [2.24, 2.45) is 5.73 Å². The van der Waals surface area contributed by atoms with Crippen molar-refractivity contribution < 1.29 is 9.50 Å². The molecule has 0 saturated carbocycles. The number of β-amino-alcohol motifs (C(OH)–C–C–N with tert-alkyl or cyclic N) is 1. The Morgan fingerprint density at radius 1 is 1.50 bits per heavy atom. The van der Waals surface area contributed by atoms with E-state index in [0.717, 1.165) is 24.2 Å². The standard InChI is InChI=1S/C14H21FN2O/c1-9-6-13(11(10(2)16)7-12(9)15)17-5-4-14(3,18)8-17/h6-7,10,18H,4-5,8,16H2,1-3H3/t10-,14?/m1/s1. The van der Waals surface area contributed by atoms with Crippen LogP contribution >= 0.6 is 0 Å². The van der Waals surface area contributed by atoms with E-state index in [-0.39, 0.29) is 11.9 Å². The fraction of sp³-hybridized carbons (Fsp3) is 0.571. The molecule has 1 saturated heterocycles. The monoisotopic (exact) mass is 252 g/mol. The van der Waals surface area contributed by atoms with Crippen molar-refractivity contribution in [1.29, 1.82) is 0 Å². The summed E-state index contributed by atoms with van der Waals surface area (Å²) in [6, 6.07) is 3.12. The zero-order chi connectivity index (χ0) is 13.5. The first-order chi connectivity index (χ1) is 8.30. The number of rotatable bonds is 2. The number of hydrogen-bond donors (Lipinski definition) is 2. The number of aryl methyl sites for hydroxylation is 1. The fourth-order valence-corrected chi connectivity index (χ4v) is 2.47. The Hall–Kier alpha value is -1.13. The number of anilines is 1. The number of nitrogens with zero attached hydrogens (tertiary/aromatic N) is 1. The van der Waals surface area contributed by atoms with E-state index in [0.29, 0.717) is 12.1 Å². The van der Waals surface area contributed by atoms with Crippen LogP contribution in [0.2, 0.25) is 0 Å². The zero-order valence-electron chi connectivity index (χ0n) is 11.2. The van der Waals surface area contributed by atoms with Crippen LogP contribution < -0.4 is 10.6 Å². The van der Waals surface area contributed by atoms with E-state index in [1.165, 1.54) is 6.07 Å². The molecule has 1 aromatic rings. The SMILES string of the molecule is Cc1cc(N2CCC(C)(O)C2)c([C@@H](C)N)cc1F. The topological polar surface area (TPSA) is 49.5 Å². The minimum Gasteiger partial charge on any atom is -0.388 e. The summed E-state index contributed by atoms with van der Waals surface area (Å²) in [4.78, 5) is 2.09. The lowest BCUT2D eigenvalue weighted by molar-refractivity contribution is 0.0839. The molecule has 3 nitrogen and oxygen atoms in total. The molecule has 2 rings (SSSR count). The molecule has 2 atom stereocenters. The molecule has 1 unspecified atom stereocenters. The van der Waals surface area contributed by atoms with Gasteiger partial charge in [0, 0.05) is 24.8 Å². The van der Waals surface area contributed by atoms with E-state index in [9.17, 15) is 9.50 Å². The molecule has 0 aliphatic carbocycles. The average molecular weight is 252 g/mol. The highest BCUT2D eigenvalue weighted by Crippen LogP contribution is 2.33. The Morgan fingerprint density at radius 2 is 2.17 bits per heavy atom. The lowest BCUT2D eigenvalue weighted by atomic mass is 10.0. The normalized spacial score (nSPS) is 25.6. The van der Waals surface area contributed by atoms with Gasteiger partial charge in [-0.2, -0.15) is 0 Å². The van der Waals surface area contributed by atoms with Crippen LogP contribution in [0.4, 0.5) is 10.1 Å². The second kappa shape index (κ2) is 4.52. The van der Waals surface area contributed by atoms with Gasteiger partial charge in [-0.15, -0.1) is 0 Å². The largest absolute Gasteiger partial charge is 0.388 e. The van der Waals surface area contributed by atoms with Gasteiger partial charge in [0.2, 0.25) is 0 Å². The van der Waals surface area contributed by atoms with Crippen LogP contribution in [0.25, 0.3) is 0 Å². The van der Waals surface area contributed by atoms with Gasteiger partial charge in [0.15, 0.2) is 0 Å². The number of aliphatic hydroxyl groups is 1. The molecule has 1 aromatic carbocycles. The maximum atomic E-state index is 13.6. The molecule has 100 valence electrons. The Balaban J connectivity index is 2.41. The Morgan fingerprint density at radius 3 is 2.67 bits per heavy atom. The van der Waals surface area contributed by atoms with Gasteiger partial charge < -0.3 is 15.7 Å². The molecule has 18 heavy (non-hydrogen) atoms. The van der Waals surface area contributed by atoms with Crippen LogP contribution in [0.15, 0.2) is 12.1 Å². The van der Waals surface area contributed by atoms with E-state index in [4.69, 9.17) is 5.73 Å². The van der Waals surface area contributed by atoms with Crippen LogP contribution in [0.1, 0.15) is 37.4 Å². The van der Waals surface area contributed by atoms with Crippen molar-refractivity contribution in [1.82, 2.24) is 0 Å². The summed E-state index contributed by atoms with van der Waals surface area (Å²) in [5.74, 6) is -0.225. The van der Waals surface area contributed by atoms with Gasteiger partial charge in [-0.1, -0.05) is 0 Å². The minimum absolute atomic E-state index is 0.222. The molecule has 0 radical (unpaired) electrons. The molecule has 0 spiro atoms. The lowest BCUT2D eigenvalue weighted by Gasteiger charge is -2.25. The summed E-state index contributed by atoms with van der Waals surface area (Å²) in [5.41, 5.74) is 7.60. The maximum Gasteiger partial charge on any atom is 0.126 e. The third kappa shape index (κ3) is 2.49. The van der Waals surface area contributed by atoms with Crippen LogP contribution in [0, 0.1) is 12.7 Å². The minimum atomic E-state index is -0.669. The maximum absolute atomic E-state index is 13.6. The first-order valence-corrected chi connectivity index (χ1v) is 6.33. The van der Waals surface area contributed by atoms with Crippen LogP contribution in [0.5, 0.6) is 0 Å². The second-order valence-corrected chi connectivity index (χ2v) is 5.62. The Bertz CT molecular complexity index is 457. The second-order valence-electron chi connectivity index (χ2n) is 5.62. The van der Waals surface area contributed by atoms with Crippen LogP contribution in [-0.2, 0) is 0 Å². The first-order valence-electron chi connectivity index (χ1n) is 6.33. The summed E-state index contributed by atoms with van der Waals surface area (Å²) < 4.78 is 13.6. The number of halogens is 1. The highest BCUT2D eigenvalue weighted by atomic mass is 19.1. The molecule has 4 heteroatoms. The molecular formula is C14H21FN2O. The number of nitrogens with two attached hydrogens (primary N) is 1. The summed E-state index contributed by atoms with van der Waals surface area (Å²) >= 11 is 0. The molecular weight excluding hydrogens is 231 g/mol. The molecule has 0 bridgehead atoms. The zero-order valence-corrected chi connectivity index (χ0v) is 11.2. The van der Waals surface area contributed by atoms with E-state index in [1.807, 2.05) is 19.9 Å². The van der Waals surface area contributed by atoms with Gasteiger partial charge in [-0.3, -0.25) is 0 Å². The van der Waals surface area contributed by atoms with Gasteiger partial charge in [-0.05, 0) is 50.5 Å². The highest BCUT2D eigenvalue weighted by molar-refractivity contribution is 5.58. The van der Waals surface area contributed by atoms with Crippen molar-refractivity contribution in [2.45, 2.75) is 38.8 Å². The number of hydrogen-bond acceptors (Lipinski definition) is 3. The fourth-order valence-electron chi connectivity index (χ4n) is 2.47. The molecule has 1 heterocycles. The molecule has 0 aromatic heterocycles. The Kier molecular flexibility index (Phi) is 3.34. The van der Waals surface area contributed by atoms with Crippen molar-refractivity contribution in [3.05, 3.63) is 29.1 Å².